The molecule has 5 rings (SSSR count). The summed E-state index contributed by atoms with van der Waals surface area (Å²) in [5, 5.41) is 25.5. The van der Waals surface area contributed by atoms with Gasteiger partial charge in [-0.15, -0.1) is 21.9 Å². The van der Waals surface area contributed by atoms with Gasteiger partial charge in [-0.05, 0) is 53.9 Å². The lowest BCUT2D eigenvalue weighted by Gasteiger charge is -2.24. The number of ether oxygens (including phenoxy) is 1. The van der Waals surface area contributed by atoms with Gasteiger partial charge in [0, 0.05) is 54.8 Å². The van der Waals surface area contributed by atoms with Gasteiger partial charge in [-0.3, -0.25) is 0 Å². The third-order valence-electron chi connectivity index (χ3n) is 7.61. The number of carbonyl (C=O) groups is 1. The summed E-state index contributed by atoms with van der Waals surface area (Å²) in [6, 6.07) is 23.4. The van der Waals surface area contributed by atoms with Crippen LogP contribution in [0.25, 0.3) is 21.8 Å². The molecule has 3 aromatic carbocycles. The van der Waals surface area contributed by atoms with Crippen molar-refractivity contribution < 1.29 is 29.4 Å². The first kappa shape index (κ1) is 36.5. The maximum Gasteiger partial charge on any atom is 0.344 e. The molecule has 0 amide bonds. The first-order chi connectivity index (χ1) is 23.7. The van der Waals surface area contributed by atoms with Crippen LogP contribution >= 0.6 is 23.4 Å². The average Bonchev–Trinajstić information content (AvgIpc) is 3.31. The topological polar surface area (TPSA) is 138 Å². The molecule has 0 bridgehead atoms. The van der Waals surface area contributed by atoms with E-state index in [2.05, 4.69) is 41.4 Å². The van der Waals surface area contributed by atoms with Crippen molar-refractivity contribution in [3.63, 3.8) is 0 Å². The second-order valence-electron chi connectivity index (χ2n) is 13.5. The zero-order chi connectivity index (χ0) is 36.1. The quantitative estimate of drug-likeness (QED) is 0.0487. The van der Waals surface area contributed by atoms with Crippen molar-refractivity contribution in [1.29, 1.82) is 0 Å². The Morgan fingerprint density at radius 1 is 1.06 bits per heavy atom. The predicted molar refractivity (Wildman–Crippen MR) is 196 cm³/mol. The fourth-order valence-corrected chi connectivity index (χ4v) is 6.82. The Balaban J connectivity index is 1.57. The standard InChI is InChI=1S/C37H39ClN4O7S/c1-36(2,3)50-35-29-17-28(47-21-27-12-11-25-8-6-7-9-31(25)40-27)13-15-32(29)41(33(35)18-37(4,5)23-39-48-22-34(43)44)19-24-10-14-30(38)26(16-24)20-49-42(45)46/h6-17,23H,18-22H2,1-5H3,(H,43,44)/b39-23+. The number of pyridine rings is 1. The molecule has 0 aliphatic carbocycles. The molecule has 5 aromatic rings. The van der Waals surface area contributed by atoms with Crippen LogP contribution in [0.2, 0.25) is 5.02 Å². The molecule has 13 heteroatoms. The summed E-state index contributed by atoms with van der Waals surface area (Å²) in [7, 11) is 0. The van der Waals surface area contributed by atoms with Crippen molar-refractivity contribution >= 4 is 57.4 Å². The van der Waals surface area contributed by atoms with Gasteiger partial charge in [-0.25, -0.2) is 9.78 Å². The van der Waals surface area contributed by atoms with E-state index in [1.165, 1.54) is 0 Å². The lowest BCUT2D eigenvalue weighted by Crippen LogP contribution is -2.21. The summed E-state index contributed by atoms with van der Waals surface area (Å²) in [6.07, 6.45) is 2.16. The van der Waals surface area contributed by atoms with Crippen LogP contribution in [0, 0.1) is 15.5 Å². The van der Waals surface area contributed by atoms with Crippen LogP contribution in [0.5, 0.6) is 5.75 Å². The molecule has 0 saturated carbocycles. The maximum atomic E-state index is 11.0. The molecule has 0 atom stereocenters. The highest BCUT2D eigenvalue weighted by Gasteiger charge is 2.28. The average molecular weight is 719 g/mol. The van der Waals surface area contributed by atoms with Crippen molar-refractivity contribution in [2.75, 3.05) is 6.61 Å². The summed E-state index contributed by atoms with van der Waals surface area (Å²) in [5.41, 5.74) is 4.56. The van der Waals surface area contributed by atoms with Crippen LogP contribution in [0.15, 0.2) is 82.8 Å². The molecule has 50 heavy (non-hydrogen) atoms. The third-order valence-corrected chi connectivity index (χ3v) is 9.25. The largest absolute Gasteiger partial charge is 0.487 e. The molecular formula is C37H39ClN4O7S. The van der Waals surface area contributed by atoms with Gasteiger partial charge in [0.2, 0.25) is 6.61 Å². The number of aliphatic carboxylic acids is 1. The number of thioether (sulfide) groups is 1. The zero-order valence-electron chi connectivity index (χ0n) is 28.5. The van der Waals surface area contributed by atoms with Crippen molar-refractivity contribution in [1.82, 2.24) is 9.55 Å². The van der Waals surface area contributed by atoms with Gasteiger partial charge >= 0.3 is 5.97 Å². The van der Waals surface area contributed by atoms with E-state index in [1.54, 1.807) is 24.0 Å². The number of benzene rings is 3. The van der Waals surface area contributed by atoms with E-state index in [0.717, 1.165) is 43.7 Å². The number of rotatable bonds is 15. The number of aromatic nitrogens is 2. The van der Waals surface area contributed by atoms with Gasteiger partial charge in [-0.1, -0.05) is 87.8 Å². The van der Waals surface area contributed by atoms with E-state index >= 15 is 0 Å². The lowest BCUT2D eigenvalue weighted by molar-refractivity contribution is -0.763. The summed E-state index contributed by atoms with van der Waals surface area (Å²) in [4.78, 5) is 37.3. The van der Waals surface area contributed by atoms with E-state index in [4.69, 9.17) is 31.3 Å². The fraction of sp³-hybridized carbons (Fsp3) is 0.324. The van der Waals surface area contributed by atoms with Gasteiger partial charge in [0.05, 0.1) is 11.2 Å². The number of para-hydroxylation sites is 1. The summed E-state index contributed by atoms with van der Waals surface area (Å²) in [6.45, 7) is 10.4. The van der Waals surface area contributed by atoms with E-state index in [0.29, 0.717) is 35.9 Å². The Kier molecular flexibility index (Phi) is 11.2. The molecule has 11 nitrogen and oxygen atoms in total. The third kappa shape index (κ3) is 9.66. The van der Waals surface area contributed by atoms with Gasteiger partial charge in [0.25, 0.3) is 5.09 Å². The minimum Gasteiger partial charge on any atom is -0.487 e. The number of carboxylic acids is 1. The summed E-state index contributed by atoms with van der Waals surface area (Å²) < 4.78 is 8.38. The summed E-state index contributed by atoms with van der Waals surface area (Å²) in [5.74, 6) is -0.412. The minimum absolute atomic E-state index is 0.157. The van der Waals surface area contributed by atoms with Crippen molar-refractivity contribution in [3.05, 3.63) is 110 Å². The summed E-state index contributed by atoms with van der Waals surface area (Å²) >= 11 is 8.12. The van der Waals surface area contributed by atoms with Crippen LogP contribution < -0.4 is 4.74 Å². The highest BCUT2D eigenvalue weighted by molar-refractivity contribution is 8.00. The number of carboxylic acid groups (broad SMARTS) is 1. The van der Waals surface area contributed by atoms with E-state index in [1.807, 2.05) is 74.5 Å². The second-order valence-corrected chi connectivity index (χ2v) is 15.8. The Hall–Kier alpha value is -4.81. The van der Waals surface area contributed by atoms with Gasteiger partial charge in [-0.2, -0.15) is 0 Å². The first-order valence-corrected chi connectivity index (χ1v) is 17.1. The number of hydrogen-bond donors (Lipinski definition) is 1. The van der Waals surface area contributed by atoms with Crippen LogP contribution in [0.1, 0.15) is 57.1 Å². The van der Waals surface area contributed by atoms with E-state index < -0.39 is 23.1 Å². The van der Waals surface area contributed by atoms with Crippen LogP contribution in [-0.2, 0) is 40.6 Å². The Labute approximate surface area is 299 Å². The molecule has 0 fully saturated rings. The maximum absolute atomic E-state index is 11.0. The highest BCUT2D eigenvalue weighted by Crippen LogP contribution is 2.44. The van der Waals surface area contributed by atoms with Gasteiger partial charge in [0.1, 0.15) is 19.0 Å². The number of halogens is 1. The number of hydrogen-bond acceptors (Lipinski definition) is 9. The van der Waals surface area contributed by atoms with Crippen molar-refractivity contribution in [2.45, 2.75) is 70.4 Å². The molecule has 0 radical (unpaired) electrons. The predicted octanol–water partition coefficient (Wildman–Crippen LogP) is 8.72. The fourth-order valence-electron chi connectivity index (χ4n) is 5.46. The number of oxime groups is 1. The smallest absolute Gasteiger partial charge is 0.344 e. The Bertz CT molecular complexity index is 2060. The highest BCUT2D eigenvalue weighted by atomic mass is 35.5. The Morgan fingerprint density at radius 3 is 2.58 bits per heavy atom. The second kappa shape index (κ2) is 15.4. The monoisotopic (exact) mass is 718 g/mol. The Morgan fingerprint density at radius 2 is 1.84 bits per heavy atom. The van der Waals surface area contributed by atoms with Gasteiger partial charge < -0.3 is 24.1 Å². The van der Waals surface area contributed by atoms with Crippen LogP contribution in [-0.4, -0.2) is 43.3 Å². The van der Waals surface area contributed by atoms with Crippen molar-refractivity contribution in [3.8, 4) is 5.75 Å². The number of fused-ring (bicyclic) bond motifs is 2. The van der Waals surface area contributed by atoms with Crippen LogP contribution in [0.3, 0.4) is 0 Å². The molecular weight excluding hydrogens is 680 g/mol. The number of nitrogens with zero attached hydrogens (tertiary/aromatic N) is 4. The molecule has 0 aliphatic rings. The molecule has 0 saturated heterocycles. The molecule has 0 unspecified atom stereocenters. The molecule has 0 aliphatic heterocycles. The minimum atomic E-state index is -1.11. The molecule has 262 valence electrons. The molecule has 0 spiro atoms. The van der Waals surface area contributed by atoms with E-state index in [-0.39, 0.29) is 11.4 Å². The van der Waals surface area contributed by atoms with Crippen molar-refractivity contribution in [2.24, 2.45) is 10.6 Å². The molecule has 2 aromatic heterocycles. The molecule has 1 N–H and O–H groups in total. The first-order valence-electron chi connectivity index (χ1n) is 15.9. The van der Waals surface area contributed by atoms with Gasteiger partial charge in [0.15, 0.2) is 0 Å². The normalized spacial score (nSPS) is 12.1. The lowest BCUT2D eigenvalue weighted by atomic mass is 9.89. The van der Waals surface area contributed by atoms with Crippen LogP contribution in [0.4, 0.5) is 0 Å². The van der Waals surface area contributed by atoms with E-state index in [9.17, 15) is 14.9 Å². The molecule has 2 heterocycles. The SMILES string of the molecule is CC(C)(/C=N/OCC(=O)O)Cc1c(SC(C)(C)C)c2cc(OCc3ccc4ccccc4n3)ccc2n1Cc1ccc(Cl)c(CO[N+](=O)[O-])c1. The zero-order valence-corrected chi connectivity index (χ0v) is 30.1.